The Bertz CT molecular complexity index is 1520. The average molecular weight is 532 g/mol. The largest absolute Gasteiger partial charge is 0.296 e. The van der Waals surface area contributed by atoms with Crippen molar-refractivity contribution in [2.24, 2.45) is 0 Å². The van der Waals surface area contributed by atoms with Crippen molar-refractivity contribution in [1.82, 2.24) is 14.3 Å². The van der Waals surface area contributed by atoms with E-state index in [2.05, 4.69) is 9.71 Å². The Balaban J connectivity index is 1.60. The highest BCUT2D eigenvalue weighted by Gasteiger charge is 2.41. The lowest BCUT2D eigenvalue weighted by molar-refractivity contribution is 0.408. The third kappa shape index (κ3) is 4.84. The summed E-state index contributed by atoms with van der Waals surface area (Å²) in [7, 11) is -3.59. The normalized spacial score (nSPS) is 19.7. The van der Waals surface area contributed by atoms with Crippen molar-refractivity contribution >= 4 is 10.0 Å². The van der Waals surface area contributed by atoms with Crippen LogP contribution in [0.3, 0.4) is 0 Å². The van der Waals surface area contributed by atoms with E-state index in [4.69, 9.17) is 0 Å². The van der Waals surface area contributed by atoms with Crippen LogP contribution in [0.1, 0.15) is 61.9 Å². The summed E-state index contributed by atoms with van der Waals surface area (Å²) in [6.45, 7) is 3.69. The summed E-state index contributed by atoms with van der Waals surface area (Å²) >= 11 is 0. The smallest absolute Gasteiger partial charge is 0.257 e. The minimum atomic E-state index is -3.59. The lowest BCUT2D eigenvalue weighted by Crippen LogP contribution is -2.47. The van der Waals surface area contributed by atoms with Crippen molar-refractivity contribution in [2.75, 3.05) is 0 Å². The SMILES string of the molecule is CC(C)n1cnc2c(c1=O)[C@@H](Cc1cccc(-c3cccc(F)c3F)c1F)[C@@H](NS(=O)(=O)C1CC1)CC2. The van der Waals surface area contributed by atoms with Crippen molar-refractivity contribution in [3.8, 4) is 11.1 Å². The van der Waals surface area contributed by atoms with Crippen LogP contribution in [0.2, 0.25) is 0 Å². The zero-order chi connectivity index (χ0) is 26.5. The Kier molecular flexibility index (Phi) is 6.74. The third-order valence-corrected chi connectivity index (χ3v) is 9.24. The molecule has 0 amide bonds. The fraction of sp³-hybridized carbons (Fsp3) is 0.407. The summed E-state index contributed by atoms with van der Waals surface area (Å²) in [6, 6.07) is 7.19. The van der Waals surface area contributed by atoms with Gasteiger partial charge in [-0.25, -0.2) is 31.3 Å². The quantitative estimate of drug-likeness (QED) is 0.482. The maximum absolute atomic E-state index is 15.8. The molecular weight excluding hydrogens is 503 g/mol. The van der Waals surface area contributed by atoms with Crippen molar-refractivity contribution in [2.45, 2.75) is 69.2 Å². The summed E-state index contributed by atoms with van der Waals surface area (Å²) in [5, 5.41) is -0.452. The molecule has 3 aromatic rings. The summed E-state index contributed by atoms with van der Waals surface area (Å²) in [4.78, 5) is 18.0. The molecular formula is C27H28F3N3O3S. The Morgan fingerprint density at radius 2 is 1.70 bits per heavy atom. The highest BCUT2D eigenvalue weighted by molar-refractivity contribution is 7.90. The van der Waals surface area contributed by atoms with Crippen LogP contribution < -0.4 is 10.3 Å². The molecule has 2 aliphatic rings. The van der Waals surface area contributed by atoms with Crippen LogP contribution in [0.25, 0.3) is 11.1 Å². The first-order valence-electron chi connectivity index (χ1n) is 12.4. The average Bonchev–Trinajstić information content (AvgIpc) is 3.70. The van der Waals surface area contributed by atoms with E-state index in [1.54, 1.807) is 6.07 Å². The van der Waals surface area contributed by atoms with Gasteiger partial charge in [0, 0.05) is 34.7 Å². The number of fused-ring (bicyclic) bond motifs is 1. The summed E-state index contributed by atoms with van der Waals surface area (Å²) < 4.78 is 74.1. The Morgan fingerprint density at radius 1 is 1.03 bits per heavy atom. The number of halogens is 3. The molecule has 1 aromatic heterocycles. The molecule has 2 atom stereocenters. The molecule has 2 aliphatic carbocycles. The number of sulfonamides is 1. The van der Waals surface area contributed by atoms with Crippen LogP contribution in [-0.2, 0) is 22.9 Å². The highest BCUT2D eigenvalue weighted by Crippen LogP contribution is 2.37. The minimum absolute atomic E-state index is 0.0134. The van der Waals surface area contributed by atoms with Gasteiger partial charge in [0.1, 0.15) is 5.82 Å². The van der Waals surface area contributed by atoms with Crippen molar-refractivity contribution < 1.29 is 21.6 Å². The van der Waals surface area contributed by atoms with Gasteiger partial charge in [0.05, 0.1) is 17.3 Å². The molecule has 2 aromatic carbocycles. The Labute approximate surface area is 213 Å². The first-order chi connectivity index (χ1) is 17.6. The Morgan fingerprint density at radius 3 is 2.38 bits per heavy atom. The van der Waals surface area contributed by atoms with E-state index in [0.29, 0.717) is 36.9 Å². The van der Waals surface area contributed by atoms with Gasteiger partial charge in [-0.05, 0) is 57.6 Å². The topological polar surface area (TPSA) is 81.1 Å². The predicted molar refractivity (Wildman–Crippen MR) is 134 cm³/mol. The predicted octanol–water partition coefficient (Wildman–Crippen LogP) is 4.63. The second-order valence-electron chi connectivity index (χ2n) is 10.1. The molecule has 1 N–H and O–H groups in total. The standard InChI is InChI=1S/C27H28F3N3O3S/c1-15(2)33-14-31-23-12-11-22(32-37(35,36)17-9-10-17)20(24(23)27(33)34)13-16-5-3-6-18(25(16)29)19-7-4-8-21(28)26(19)30/h3-8,14-15,17,20,22,32H,9-13H2,1-2H3/t20-,22-/m0/s1. The fourth-order valence-electron chi connectivity index (χ4n) is 5.12. The second kappa shape index (κ2) is 9.72. The summed E-state index contributed by atoms with van der Waals surface area (Å²) in [6.07, 6.45) is 3.46. The summed E-state index contributed by atoms with van der Waals surface area (Å²) in [5.74, 6) is -3.67. The first-order valence-corrected chi connectivity index (χ1v) is 14.0. The van der Waals surface area contributed by atoms with Crippen molar-refractivity contribution in [1.29, 1.82) is 0 Å². The van der Waals surface area contributed by atoms with Gasteiger partial charge < -0.3 is 0 Å². The highest BCUT2D eigenvalue weighted by atomic mass is 32.2. The van der Waals surface area contributed by atoms with Gasteiger partial charge >= 0.3 is 0 Å². The van der Waals surface area contributed by atoms with E-state index in [-0.39, 0.29) is 34.7 Å². The number of benzene rings is 2. The number of aryl methyl sites for hydroxylation is 1. The molecule has 1 heterocycles. The van der Waals surface area contributed by atoms with Crippen LogP contribution in [-0.4, -0.2) is 29.3 Å². The van der Waals surface area contributed by atoms with E-state index >= 15 is 4.39 Å². The van der Waals surface area contributed by atoms with Gasteiger partial charge in [0.25, 0.3) is 5.56 Å². The van der Waals surface area contributed by atoms with Crippen LogP contribution in [0.15, 0.2) is 47.5 Å². The van der Waals surface area contributed by atoms with E-state index in [0.717, 1.165) is 6.07 Å². The van der Waals surface area contributed by atoms with Gasteiger partial charge in [-0.1, -0.05) is 30.3 Å². The second-order valence-corrected chi connectivity index (χ2v) is 12.1. The summed E-state index contributed by atoms with van der Waals surface area (Å²) in [5.41, 5.74) is 0.515. The lowest BCUT2D eigenvalue weighted by Gasteiger charge is -2.34. The number of hydrogen-bond acceptors (Lipinski definition) is 4. The molecule has 0 aliphatic heterocycles. The number of rotatable bonds is 7. The molecule has 0 unspecified atom stereocenters. The number of nitrogens with zero attached hydrogens (tertiary/aromatic N) is 2. The minimum Gasteiger partial charge on any atom is -0.296 e. The van der Waals surface area contributed by atoms with Gasteiger partial charge in [-0.15, -0.1) is 0 Å². The fourth-order valence-corrected chi connectivity index (χ4v) is 6.77. The van der Waals surface area contributed by atoms with Crippen molar-refractivity contribution in [3.05, 3.63) is 87.4 Å². The maximum Gasteiger partial charge on any atom is 0.257 e. The van der Waals surface area contributed by atoms with Gasteiger partial charge in [-0.2, -0.15) is 0 Å². The van der Waals surface area contributed by atoms with E-state index < -0.39 is 44.7 Å². The van der Waals surface area contributed by atoms with Crippen LogP contribution >= 0.6 is 0 Å². The Hall–Kier alpha value is -2.98. The molecule has 6 nitrogen and oxygen atoms in total. The zero-order valence-corrected chi connectivity index (χ0v) is 21.4. The first kappa shape index (κ1) is 25.7. The van der Waals surface area contributed by atoms with Crippen LogP contribution in [0.5, 0.6) is 0 Å². The molecule has 10 heteroatoms. The lowest BCUT2D eigenvalue weighted by atomic mass is 9.78. The molecule has 0 spiro atoms. The molecule has 196 valence electrons. The van der Waals surface area contributed by atoms with E-state index in [1.165, 1.54) is 35.2 Å². The van der Waals surface area contributed by atoms with Crippen molar-refractivity contribution in [3.63, 3.8) is 0 Å². The molecule has 0 saturated heterocycles. The van der Waals surface area contributed by atoms with Gasteiger partial charge in [0.2, 0.25) is 10.0 Å². The van der Waals surface area contributed by atoms with Crippen LogP contribution in [0, 0.1) is 17.5 Å². The number of nitrogens with one attached hydrogen (secondary N) is 1. The molecule has 0 bridgehead atoms. The number of hydrogen-bond donors (Lipinski definition) is 1. The van der Waals surface area contributed by atoms with Gasteiger partial charge in [0.15, 0.2) is 11.6 Å². The molecule has 1 fully saturated rings. The van der Waals surface area contributed by atoms with E-state index in [9.17, 15) is 22.0 Å². The molecule has 1 saturated carbocycles. The molecule has 0 radical (unpaired) electrons. The van der Waals surface area contributed by atoms with Gasteiger partial charge in [-0.3, -0.25) is 9.36 Å². The zero-order valence-electron chi connectivity index (χ0n) is 20.5. The van der Waals surface area contributed by atoms with E-state index in [1.807, 2.05) is 13.8 Å². The molecule has 37 heavy (non-hydrogen) atoms. The number of aromatic nitrogens is 2. The maximum atomic E-state index is 15.8. The monoisotopic (exact) mass is 531 g/mol. The molecule has 5 rings (SSSR count). The van der Waals surface area contributed by atoms with Crippen LogP contribution in [0.4, 0.5) is 13.2 Å². The third-order valence-electron chi connectivity index (χ3n) is 7.26.